The predicted octanol–water partition coefficient (Wildman–Crippen LogP) is 2.93. The van der Waals surface area contributed by atoms with Crippen molar-refractivity contribution in [1.82, 2.24) is 19.9 Å². The maximum Gasteiger partial charge on any atom is 0.240 e. The summed E-state index contributed by atoms with van der Waals surface area (Å²) < 4.78 is 27.3. The number of sulfonamides is 1. The Kier molecular flexibility index (Phi) is 6.40. The van der Waals surface area contributed by atoms with Crippen molar-refractivity contribution in [2.24, 2.45) is 0 Å². The Balaban J connectivity index is 1.49. The van der Waals surface area contributed by atoms with Crippen LogP contribution in [-0.4, -0.2) is 36.7 Å². The molecular formula is C20H24N6O2S. The third kappa shape index (κ3) is 5.72. The third-order valence-corrected chi connectivity index (χ3v) is 5.80. The highest BCUT2D eigenvalue weighted by atomic mass is 32.2. The van der Waals surface area contributed by atoms with E-state index < -0.39 is 10.0 Å². The molecule has 0 spiro atoms. The minimum Gasteiger partial charge on any atom is -0.367 e. The second kappa shape index (κ2) is 8.97. The van der Waals surface area contributed by atoms with Crippen LogP contribution in [0.25, 0.3) is 0 Å². The first-order chi connectivity index (χ1) is 13.8. The molecule has 0 unspecified atom stereocenters. The highest BCUT2D eigenvalue weighted by Crippen LogP contribution is 2.15. The summed E-state index contributed by atoms with van der Waals surface area (Å²) in [7, 11) is -3.54. The van der Waals surface area contributed by atoms with Crippen molar-refractivity contribution in [3.05, 3.63) is 65.4 Å². The van der Waals surface area contributed by atoms with Crippen molar-refractivity contribution < 1.29 is 8.42 Å². The van der Waals surface area contributed by atoms with Crippen LogP contribution in [0.5, 0.6) is 0 Å². The predicted molar refractivity (Wildman–Crippen MR) is 114 cm³/mol. The molecule has 152 valence electrons. The largest absolute Gasteiger partial charge is 0.367 e. The molecule has 0 aliphatic heterocycles. The van der Waals surface area contributed by atoms with Gasteiger partial charge >= 0.3 is 0 Å². The molecule has 0 saturated carbocycles. The Morgan fingerprint density at radius 3 is 2.21 bits per heavy atom. The second-order valence-electron chi connectivity index (χ2n) is 6.72. The zero-order chi connectivity index (χ0) is 20.9. The van der Waals surface area contributed by atoms with Gasteiger partial charge in [0.25, 0.3) is 0 Å². The number of anilines is 3. The van der Waals surface area contributed by atoms with Crippen molar-refractivity contribution in [1.29, 1.82) is 0 Å². The van der Waals surface area contributed by atoms with Crippen LogP contribution in [0.15, 0.2) is 53.6 Å². The summed E-state index contributed by atoms with van der Waals surface area (Å²) in [6.07, 6.45) is 1.77. The van der Waals surface area contributed by atoms with E-state index in [2.05, 4.69) is 30.5 Å². The lowest BCUT2D eigenvalue weighted by Crippen LogP contribution is -2.29. The van der Waals surface area contributed by atoms with E-state index in [1.54, 1.807) is 36.5 Å². The molecule has 2 heterocycles. The van der Waals surface area contributed by atoms with Crippen molar-refractivity contribution in [3.8, 4) is 0 Å². The SMILES string of the molecule is Cc1ccc(Nc2ccc(NCCNS(=O)(=O)c3ccc(C)c(C)c3)nn2)nc1. The van der Waals surface area contributed by atoms with Gasteiger partial charge in [0.1, 0.15) is 11.6 Å². The zero-order valence-electron chi connectivity index (χ0n) is 16.6. The maximum absolute atomic E-state index is 12.4. The minimum absolute atomic E-state index is 0.226. The summed E-state index contributed by atoms with van der Waals surface area (Å²) in [5, 5.41) is 14.3. The van der Waals surface area contributed by atoms with E-state index in [0.717, 1.165) is 16.7 Å². The first kappa shape index (κ1) is 20.7. The summed E-state index contributed by atoms with van der Waals surface area (Å²) in [5.74, 6) is 1.81. The molecule has 8 nitrogen and oxygen atoms in total. The molecule has 3 rings (SSSR count). The van der Waals surface area contributed by atoms with Crippen molar-refractivity contribution in [2.75, 3.05) is 23.7 Å². The standard InChI is InChI=1S/C20H24N6O2S/c1-14-4-7-18(22-13-14)24-20-9-8-19(25-26-20)21-10-11-23-29(27,28)17-6-5-15(2)16(3)12-17/h4-9,12-13,23H,10-11H2,1-3H3,(H,21,25)(H,22,24,26). The number of hydrogen-bond donors (Lipinski definition) is 3. The number of nitrogens with zero attached hydrogens (tertiary/aromatic N) is 3. The van der Waals surface area contributed by atoms with Crippen LogP contribution in [-0.2, 0) is 10.0 Å². The Hall–Kier alpha value is -3.04. The molecule has 1 aromatic carbocycles. The van der Waals surface area contributed by atoms with E-state index in [4.69, 9.17) is 0 Å². The number of pyridine rings is 1. The molecule has 0 saturated heterocycles. The molecule has 0 aliphatic carbocycles. The van der Waals surface area contributed by atoms with Crippen LogP contribution in [0.4, 0.5) is 17.5 Å². The van der Waals surface area contributed by atoms with Gasteiger partial charge in [-0.2, -0.15) is 0 Å². The van der Waals surface area contributed by atoms with E-state index in [0.29, 0.717) is 24.0 Å². The van der Waals surface area contributed by atoms with Gasteiger partial charge in [-0.05, 0) is 67.8 Å². The Bertz CT molecular complexity index is 1070. The fourth-order valence-electron chi connectivity index (χ4n) is 2.51. The molecular weight excluding hydrogens is 388 g/mol. The van der Waals surface area contributed by atoms with Crippen molar-refractivity contribution in [3.63, 3.8) is 0 Å². The molecule has 0 aliphatic rings. The molecule has 9 heteroatoms. The first-order valence-electron chi connectivity index (χ1n) is 9.18. The van der Waals surface area contributed by atoms with Gasteiger partial charge in [-0.15, -0.1) is 10.2 Å². The molecule has 0 amide bonds. The summed E-state index contributed by atoms with van der Waals surface area (Å²) in [5.41, 5.74) is 3.07. The zero-order valence-corrected chi connectivity index (χ0v) is 17.4. The van der Waals surface area contributed by atoms with E-state index in [9.17, 15) is 8.42 Å². The lowest BCUT2D eigenvalue weighted by Gasteiger charge is -2.10. The molecule has 3 aromatic rings. The van der Waals surface area contributed by atoms with Crippen LogP contribution in [0, 0.1) is 20.8 Å². The molecule has 0 atom stereocenters. The van der Waals surface area contributed by atoms with E-state index >= 15 is 0 Å². The normalized spacial score (nSPS) is 11.3. The van der Waals surface area contributed by atoms with E-state index in [1.165, 1.54) is 0 Å². The highest BCUT2D eigenvalue weighted by Gasteiger charge is 2.13. The fourth-order valence-corrected chi connectivity index (χ4v) is 3.62. The lowest BCUT2D eigenvalue weighted by atomic mass is 10.1. The van der Waals surface area contributed by atoms with Crippen molar-refractivity contribution >= 4 is 27.5 Å². The van der Waals surface area contributed by atoms with E-state index in [1.807, 2.05) is 32.9 Å². The van der Waals surface area contributed by atoms with Crippen LogP contribution < -0.4 is 15.4 Å². The minimum atomic E-state index is -3.54. The summed E-state index contributed by atoms with van der Waals surface area (Å²) in [6, 6.07) is 12.4. The van der Waals surface area contributed by atoms with Crippen LogP contribution in [0.1, 0.15) is 16.7 Å². The molecule has 29 heavy (non-hydrogen) atoms. The Morgan fingerprint density at radius 1 is 0.828 bits per heavy atom. The molecule has 2 aromatic heterocycles. The average molecular weight is 413 g/mol. The number of hydrogen-bond acceptors (Lipinski definition) is 7. The third-order valence-electron chi connectivity index (χ3n) is 4.34. The second-order valence-corrected chi connectivity index (χ2v) is 8.49. The number of nitrogens with one attached hydrogen (secondary N) is 3. The molecule has 3 N–H and O–H groups in total. The van der Waals surface area contributed by atoms with Gasteiger partial charge in [-0.25, -0.2) is 18.1 Å². The lowest BCUT2D eigenvalue weighted by molar-refractivity contribution is 0.582. The van der Waals surface area contributed by atoms with Gasteiger partial charge in [-0.1, -0.05) is 12.1 Å². The topological polar surface area (TPSA) is 109 Å². The van der Waals surface area contributed by atoms with Crippen molar-refractivity contribution in [2.45, 2.75) is 25.7 Å². The average Bonchev–Trinajstić information content (AvgIpc) is 2.70. The van der Waals surface area contributed by atoms with Gasteiger partial charge in [0.05, 0.1) is 4.90 Å². The van der Waals surface area contributed by atoms with E-state index in [-0.39, 0.29) is 11.4 Å². The molecule has 0 bridgehead atoms. The summed E-state index contributed by atoms with van der Waals surface area (Å²) in [6.45, 7) is 6.42. The van der Waals surface area contributed by atoms with Crippen LogP contribution >= 0.6 is 0 Å². The Morgan fingerprint density at radius 2 is 1.55 bits per heavy atom. The molecule has 0 fully saturated rings. The monoisotopic (exact) mass is 412 g/mol. The summed E-state index contributed by atoms with van der Waals surface area (Å²) >= 11 is 0. The van der Waals surface area contributed by atoms with Crippen LogP contribution in [0.2, 0.25) is 0 Å². The summed E-state index contributed by atoms with van der Waals surface area (Å²) in [4.78, 5) is 4.52. The van der Waals surface area contributed by atoms with Gasteiger partial charge in [-0.3, -0.25) is 0 Å². The first-order valence-corrected chi connectivity index (χ1v) is 10.7. The van der Waals surface area contributed by atoms with Gasteiger partial charge in [0.2, 0.25) is 10.0 Å². The molecule has 0 radical (unpaired) electrons. The number of benzene rings is 1. The van der Waals surface area contributed by atoms with Gasteiger partial charge < -0.3 is 10.6 Å². The quantitative estimate of drug-likeness (QED) is 0.488. The number of aryl methyl sites for hydroxylation is 3. The smallest absolute Gasteiger partial charge is 0.240 e. The maximum atomic E-state index is 12.4. The van der Waals surface area contributed by atoms with Gasteiger partial charge in [0.15, 0.2) is 5.82 Å². The number of aromatic nitrogens is 3. The number of rotatable bonds is 8. The highest BCUT2D eigenvalue weighted by molar-refractivity contribution is 7.89. The van der Waals surface area contributed by atoms with Gasteiger partial charge in [0, 0.05) is 19.3 Å². The fraction of sp³-hybridized carbons (Fsp3) is 0.250. The van der Waals surface area contributed by atoms with Crippen LogP contribution in [0.3, 0.4) is 0 Å². The Labute approximate surface area is 170 Å².